The van der Waals surface area contributed by atoms with E-state index in [9.17, 15) is 9.90 Å². The fourth-order valence-electron chi connectivity index (χ4n) is 1.22. The largest absolute Gasteiger partial charge is 0.388 e. The van der Waals surface area contributed by atoms with Crippen LogP contribution in [0, 0.1) is 0 Å². The maximum Gasteiger partial charge on any atom is 0.262 e. The number of thiophene rings is 1. The molecule has 0 saturated carbocycles. The summed E-state index contributed by atoms with van der Waals surface area (Å²) >= 11 is 7.11. The number of nitrogens with one attached hydrogen (secondary N) is 1. The molecule has 2 N–H and O–H groups in total. The predicted octanol–water partition coefficient (Wildman–Crippen LogP) is 1.92. The summed E-state index contributed by atoms with van der Waals surface area (Å²) in [4.78, 5) is 12.2. The zero-order valence-corrected chi connectivity index (χ0v) is 11.4. The lowest BCUT2D eigenvalue weighted by atomic mass is 10.0. The van der Waals surface area contributed by atoms with Gasteiger partial charge in [-0.3, -0.25) is 4.79 Å². The molecule has 1 rings (SSSR count). The van der Waals surface area contributed by atoms with Crippen LogP contribution in [0.5, 0.6) is 0 Å². The van der Waals surface area contributed by atoms with Gasteiger partial charge in [-0.25, -0.2) is 0 Å². The summed E-state index contributed by atoms with van der Waals surface area (Å²) in [6.07, 6.45) is 0.460. The van der Waals surface area contributed by atoms with Crippen LogP contribution in [-0.2, 0) is 4.74 Å². The number of halogens is 1. The van der Waals surface area contributed by atoms with Crippen LogP contribution < -0.4 is 5.32 Å². The van der Waals surface area contributed by atoms with Crippen LogP contribution in [0.3, 0.4) is 0 Å². The van der Waals surface area contributed by atoms with Crippen molar-refractivity contribution in [3.8, 4) is 0 Å². The first-order valence-electron chi connectivity index (χ1n) is 5.19. The Bertz CT molecular complexity index is 379. The molecule has 0 aliphatic rings. The fourth-order valence-corrected chi connectivity index (χ4v) is 2.27. The standard InChI is InChI=1S/C11H16ClNO3S/c1-11(15,4-5-16-2)7-13-10(14)9-8(12)3-6-17-9/h3,6,15H,4-5,7H2,1-2H3,(H,13,14). The first-order chi connectivity index (χ1) is 7.96. The summed E-state index contributed by atoms with van der Waals surface area (Å²) in [5.74, 6) is -0.261. The molecule has 6 heteroatoms. The average Bonchev–Trinajstić information content (AvgIpc) is 2.70. The molecule has 1 heterocycles. The summed E-state index contributed by atoms with van der Waals surface area (Å²) in [6, 6.07) is 1.67. The maximum absolute atomic E-state index is 11.7. The smallest absolute Gasteiger partial charge is 0.262 e. The molecular formula is C11H16ClNO3S. The van der Waals surface area contributed by atoms with Crippen molar-refractivity contribution in [3.05, 3.63) is 21.3 Å². The Labute approximate surface area is 110 Å². The van der Waals surface area contributed by atoms with Crippen LogP contribution in [0.4, 0.5) is 0 Å². The Hall–Kier alpha value is -0.620. The third-order valence-corrected chi connectivity index (χ3v) is 3.64. The molecule has 0 bridgehead atoms. The van der Waals surface area contributed by atoms with Gasteiger partial charge in [-0.05, 0) is 18.4 Å². The topological polar surface area (TPSA) is 58.6 Å². The predicted molar refractivity (Wildman–Crippen MR) is 68.8 cm³/mol. The monoisotopic (exact) mass is 277 g/mol. The van der Waals surface area contributed by atoms with Gasteiger partial charge in [0.1, 0.15) is 4.88 Å². The first kappa shape index (κ1) is 14.4. The minimum absolute atomic E-state index is 0.170. The van der Waals surface area contributed by atoms with Crippen LogP contribution in [0.25, 0.3) is 0 Å². The molecule has 0 aliphatic heterocycles. The molecule has 0 spiro atoms. The van der Waals surface area contributed by atoms with Gasteiger partial charge in [-0.2, -0.15) is 0 Å². The van der Waals surface area contributed by atoms with E-state index in [1.807, 2.05) is 0 Å². The fraction of sp³-hybridized carbons (Fsp3) is 0.545. The third-order valence-electron chi connectivity index (χ3n) is 2.30. The molecule has 4 nitrogen and oxygen atoms in total. The van der Waals surface area contributed by atoms with E-state index in [1.165, 1.54) is 11.3 Å². The number of hydrogen-bond acceptors (Lipinski definition) is 4. The highest BCUT2D eigenvalue weighted by Gasteiger charge is 2.22. The van der Waals surface area contributed by atoms with Gasteiger partial charge >= 0.3 is 0 Å². The number of carbonyl (C=O) groups excluding carboxylic acids is 1. The lowest BCUT2D eigenvalue weighted by Crippen LogP contribution is -2.41. The highest BCUT2D eigenvalue weighted by molar-refractivity contribution is 7.12. The minimum atomic E-state index is -0.977. The van der Waals surface area contributed by atoms with Gasteiger partial charge in [0.2, 0.25) is 0 Å². The Morgan fingerprint density at radius 3 is 2.94 bits per heavy atom. The molecular weight excluding hydrogens is 262 g/mol. The van der Waals surface area contributed by atoms with Gasteiger partial charge in [-0.15, -0.1) is 11.3 Å². The zero-order chi connectivity index (χ0) is 12.9. The number of rotatable bonds is 6. The lowest BCUT2D eigenvalue weighted by Gasteiger charge is -2.23. The maximum atomic E-state index is 11.7. The van der Waals surface area contributed by atoms with Gasteiger partial charge in [0.05, 0.1) is 10.6 Å². The second-order valence-corrected chi connectivity index (χ2v) is 5.34. The van der Waals surface area contributed by atoms with E-state index >= 15 is 0 Å². The molecule has 0 radical (unpaired) electrons. The minimum Gasteiger partial charge on any atom is -0.388 e. The lowest BCUT2D eigenvalue weighted by molar-refractivity contribution is 0.0244. The van der Waals surface area contributed by atoms with Crippen molar-refractivity contribution in [2.24, 2.45) is 0 Å². The summed E-state index contributed by atoms with van der Waals surface area (Å²) in [6.45, 7) is 2.27. The number of aliphatic hydroxyl groups is 1. The van der Waals surface area contributed by atoms with E-state index < -0.39 is 5.60 Å². The van der Waals surface area contributed by atoms with Gasteiger partial charge in [-0.1, -0.05) is 11.6 Å². The van der Waals surface area contributed by atoms with E-state index in [0.717, 1.165) is 0 Å². The Morgan fingerprint density at radius 1 is 1.71 bits per heavy atom. The molecule has 0 aliphatic carbocycles. The number of carbonyl (C=O) groups is 1. The second kappa shape index (κ2) is 6.35. The quantitative estimate of drug-likeness (QED) is 0.835. The average molecular weight is 278 g/mol. The Kier molecular flexibility index (Phi) is 5.39. The molecule has 0 aromatic carbocycles. The SMILES string of the molecule is COCCC(C)(O)CNC(=O)c1sccc1Cl. The number of methoxy groups -OCH3 is 1. The van der Waals surface area contributed by atoms with Gasteiger partial charge in [0.15, 0.2) is 0 Å². The van der Waals surface area contributed by atoms with Gasteiger partial charge in [0, 0.05) is 26.7 Å². The number of hydrogen-bond donors (Lipinski definition) is 2. The zero-order valence-electron chi connectivity index (χ0n) is 9.83. The van der Waals surface area contributed by atoms with Crippen molar-refractivity contribution < 1.29 is 14.6 Å². The molecule has 1 unspecified atom stereocenters. The molecule has 0 fully saturated rings. The molecule has 1 amide bonds. The molecule has 17 heavy (non-hydrogen) atoms. The van der Waals surface area contributed by atoms with Gasteiger partial charge in [0.25, 0.3) is 5.91 Å². The van der Waals surface area contributed by atoms with Crippen molar-refractivity contribution in [2.75, 3.05) is 20.3 Å². The van der Waals surface area contributed by atoms with Crippen molar-refractivity contribution in [1.29, 1.82) is 0 Å². The Balaban J connectivity index is 2.45. The highest BCUT2D eigenvalue weighted by Crippen LogP contribution is 2.21. The van der Waals surface area contributed by atoms with Crippen molar-refractivity contribution in [3.63, 3.8) is 0 Å². The Morgan fingerprint density at radius 2 is 2.41 bits per heavy atom. The number of ether oxygens (including phenoxy) is 1. The molecule has 1 aromatic rings. The van der Waals surface area contributed by atoms with Crippen LogP contribution in [0.2, 0.25) is 5.02 Å². The van der Waals surface area contributed by atoms with Crippen LogP contribution in [0.15, 0.2) is 11.4 Å². The van der Waals surface area contributed by atoms with Crippen molar-refractivity contribution in [2.45, 2.75) is 18.9 Å². The normalized spacial score (nSPS) is 14.4. The van der Waals surface area contributed by atoms with E-state index in [1.54, 1.807) is 25.5 Å². The van der Waals surface area contributed by atoms with Crippen molar-refractivity contribution in [1.82, 2.24) is 5.32 Å². The van der Waals surface area contributed by atoms with Crippen LogP contribution in [-0.4, -0.2) is 36.9 Å². The summed E-state index contributed by atoms with van der Waals surface area (Å²) in [5.41, 5.74) is -0.977. The van der Waals surface area contributed by atoms with Gasteiger partial charge < -0.3 is 15.2 Å². The molecule has 1 aromatic heterocycles. The summed E-state index contributed by atoms with van der Waals surface area (Å²) < 4.78 is 4.88. The second-order valence-electron chi connectivity index (χ2n) is 4.02. The first-order valence-corrected chi connectivity index (χ1v) is 6.44. The summed E-state index contributed by atoms with van der Waals surface area (Å²) in [5, 5.41) is 14.8. The third kappa shape index (κ3) is 4.63. The van der Waals surface area contributed by atoms with Crippen LogP contribution >= 0.6 is 22.9 Å². The van der Waals surface area contributed by atoms with E-state index in [0.29, 0.717) is 22.9 Å². The van der Waals surface area contributed by atoms with E-state index in [2.05, 4.69) is 5.32 Å². The highest BCUT2D eigenvalue weighted by atomic mass is 35.5. The molecule has 1 atom stereocenters. The van der Waals surface area contributed by atoms with E-state index in [-0.39, 0.29) is 12.5 Å². The van der Waals surface area contributed by atoms with Crippen molar-refractivity contribution >= 4 is 28.8 Å². The van der Waals surface area contributed by atoms with E-state index in [4.69, 9.17) is 16.3 Å². The van der Waals surface area contributed by atoms with Crippen LogP contribution in [0.1, 0.15) is 23.0 Å². The summed E-state index contributed by atoms with van der Waals surface area (Å²) in [7, 11) is 1.57. The number of amides is 1. The molecule has 96 valence electrons. The molecule has 0 saturated heterocycles.